The van der Waals surface area contributed by atoms with Crippen LogP contribution in [0.5, 0.6) is 0 Å². The molecule has 1 aliphatic heterocycles. The molecule has 0 spiro atoms. The number of nitrogens with zero attached hydrogens (tertiary/aromatic N) is 5. The fraction of sp³-hybridized carbons (Fsp3) is 0.412. The van der Waals surface area contributed by atoms with Crippen molar-refractivity contribution in [1.29, 1.82) is 10.5 Å². The van der Waals surface area contributed by atoms with E-state index in [0.29, 0.717) is 16.8 Å². The summed E-state index contributed by atoms with van der Waals surface area (Å²) in [5.74, 6) is 0.0638. The predicted molar refractivity (Wildman–Crippen MR) is 90.6 cm³/mol. The van der Waals surface area contributed by atoms with E-state index in [1.165, 1.54) is 5.01 Å². The summed E-state index contributed by atoms with van der Waals surface area (Å²) < 4.78 is 39.3. The van der Waals surface area contributed by atoms with Gasteiger partial charge in [0, 0.05) is 13.0 Å². The van der Waals surface area contributed by atoms with Crippen molar-refractivity contribution in [1.82, 2.24) is 10.3 Å². The van der Waals surface area contributed by atoms with E-state index < -0.39 is 23.8 Å². The molecule has 0 bridgehead atoms. The lowest BCUT2D eigenvalue weighted by atomic mass is 9.93. The summed E-state index contributed by atoms with van der Waals surface area (Å²) in [7, 11) is 0. The molecule has 0 aliphatic carbocycles. The third-order valence-electron chi connectivity index (χ3n) is 4.21. The van der Waals surface area contributed by atoms with Gasteiger partial charge in [0.1, 0.15) is 17.1 Å². The van der Waals surface area contributed by atoms with Crippen LogP contribution in [-0.4, -0.2) is 34.8 Å². The van der Waals surface area contributed by atoms with Gasteiger partial charge < -0.3 is 0 Å². The maximum Gasteiger partial charge on any atom is 0.431 e. The Balaban J connectivity index is 2.48. The van der Waals surface area contributed by atoms with Gasteiger partial charge in [0.25, 0.3) is 0 Å². The van der Waals surface area contributed by atoms with Crippen LogP contribution in [0.4, 0.5) is 18.9 Å². The van der Waals surface area contributed by atoms with E-state index in [4.69, 9.17) is 10.5 Å². The number of hydrazone groups is 1. The van der Waals surface area contributed by atoms with Crippen molar-refractivity contribution in [2.45, 2.75) is 38.9 Å². The number of alkyl halides is 3. The van der Waals surface area contributed by atoms with Crippen molar-refractivity contribution in [2.75, 3.05) is 6.54 Å². The Hall–Kier alpha value is -3.07. The minimum atomic E-state index is -4.55. The SMILES string of the molecule is CCN1N=C(C(F)(F)F)C[C@@]1(C)/C(=N/c1ccc(C#N)c(C)c1)NC#N. The first-order chi connectivity index (χ1) is 12.2. The number of nitrogens with one attached hydrogen (secondary N) is 1. The van der Waals surface area contributed by atoms with Gasteiger partial charge in [0.2, 0.25) is 0 Å². The molecule has 1 aliphatic rings. The molecule has 0 unspecified atom stereocenters. The highest BCUT2D eigenvalue weighted by atomic mass is 19.4. The zero-order valence-electron chi connectivity index (χ0n) is 14.5. The number of rotatable bonds is 3. The minimum absolute atomic E-state index is 0.0638. The van der Waals surface area contributed by atoms with Crippen LogP contribution in [-0.2, 0) is 0 Å². The Kier molecular flexibility index (Phi) is 5.22. The standard InChI is InChI=1S/C17H17F3N6/c1-4-26-16(3,8-14(25-26)17(18,19)20)15(23-10-22)24-13-6-5-12(9-21)11(2)7-13/h5-7H,4,8H2,1-3H3,(H,23,24)/t16-/m0/s1. The zero-order valence-corrected chi connectivity index (χ0v) is 14.5. The summed E-state index contributed by atoms with van der Waals surface area (Å²) in [5.41, 5.74) is -0.566. The number of aryl methyl sites for hydroxylation is 1. The fourth-order valence-corrected chi connectivity index (χ4v) is 2.80. The number of aliphatic imine (C=N–C) groups is 1. The number of hydrogen-bond donors (Lipinski definition) is 1. The molecule has 0 saturated heterocycles. The van der Waals surface area contributed by atoms with Gasteiger partial charge in [-0.05, 0) is 44.5 Å². The molecule has 6 nitrogen and oxygen atoms in total. The minimum Gasteiger partial charge on any atom is -0.283 e. The van der Waals surface area contributed by atoms with E-state index in [1.807, 2.05) is 6.07 Å². The summed E-state index contributed by atoms with van der Waals surface area (Å²) in [5, 5.41) is 25.4. The van der Waals surface area contributed by atoms with E-state index in [1.54, 1.807) is 45.2 Å². The van der Waals surface area contributed by atoms with Crippen LogP contribution < -0.4 is 5.32 Å². The highest BCUT2D eigenvalue weighted by Crippen LogP contribution is 2.35. The lowest BCUT2D eigenvalue weighted by Crippen LogP contribution is -2.52. The van der Waals surface area contributed by atoms with E-state index in [9.17, 15) is 13.2 Å². The lowest BCUT2D eigenvalue weighted by molar-refractivity contribution is -0.0602. The van der Waals surface area contributed by atoms with Crippen LogP contribution in [0.1, 0.15) is 31.4 Å². The van der Waals surface area contributed by atoms with Crippen molar-refractivity contribution in [3.63, 3.8) is 0 Å². The molecular weight excluding hydrogens is 345 g/mol. The molecule has 2 rings (SSSR count). The number of likely N-dealkylation sites (N-methyl/N-ethyl adjacent to an activating group) is 1. The molecule has 1 N–H and O–H groups in total. The van der Waals surface area contributed by atoms with Crippen molar-refractivity contribution in [3.8, 4) is 12.3 Å². The number of amidine groups is 1. The Bertz CT molecular complexity index is 844. The molecule has 0 amide bonds. The Morgan fingerprint density at radius 2 is 2.12 bits per heavy atom. The first kappa shape index (κ1) is 19.3. The summed E-state index contributed by atoms with van der Waals surface area (Å²) in [6.45, 7) is 5.18. The smallest absolute Gasteiger partial charge is 0.283 e. The number of benzene rings is 1. The maximum atomic E-state index is 13.1. The Morgan fingerprint density at radius 1 is 1.42 bits per heavy atom. The molecule has 1 atom stereocenters. The molecule has 9 heteroatoms. The monoisotopic (exact) mass is 362 g/mol. The third kappa shape index (κ3) is 3.62. The molecule has 0 aromatic heterocycles. The van der Waals surface area contributed by atoms with Crippen LogP contribution in [0.15, 0.2) is 28.3 Å². The summed E-state index contributed by atoms with van der Waals surface area (Å²) >= 11 is 0. The molecule has 136 valence electrons. The second kappa shape index (κ2) is 7.04. The molecule has 1 heterocycles. The summed E-state index contributed by atoms with van der Waals surface area (Å²) in [4.78, 5) is 4.34. The number of halogens is 3. The molecule has 1 aromatic rings. The Labute approximate surface area is 149 Å². The molecular formula is C17H17F3N6. The summed E-state index contributed by atoms with van der Waals surface area (Å²) in [6.07, 6.45) is -3.24. The fourth-order valence-electron chi connectivity index (χ4n) is 2.80. The second-order valence-corrected chi connectivity index (χ2v) is 6.02. The van der Waals surface area contributed by atoms with Crippen LogP contribution in [0.25, 0.3) is 0 Å². The average molecular weight is 362 g/mol. The zero-order chi connectivity index (χ0) is 19.5. The highest BCUT2D eigenvalue weighted by Gasteiger charge is 2.50. The van der Waals surface area contributed by atoms with E-state index in [0.717, 1.165) is 0 Å². The highest BCUT2D eigenvalue weighted by molar-refractivity contribution is 6.02. The first-order valence-electron chi connectivity index (χ1n) is 7.83. The van der Waals surface area contributed by atoms with E-state index in [-0.39, 0.29) is 12.4 Å². The largest absolute Gasteiger partial charge is 0.431 e. The lowest BCUT2D eigenvalue weighted by Gasteiger charge is -2.33. The summed E-state index contributed by atoms with van der Waals surface area (Å²) in [6, 6.07) is 6.82. The Morgan fingerprint density at radius 3 is 2.62 bits per heavy atom. The van der Waals surface area contributed by atoms with Gasteiger partial charge in [-0.15, -0.1) is 0 Å². The van der Waals surface area contributed by atoms with E-state index in [2.05, 4.69) is 15.4 Å². The van der Waals surface area contributed by atoms with Gasteiger partial charge in [-0.3, -0.25) is 10.3 Å². The van der Waals surface area contributed by atoms with Crippen molar-refractivity contribution < 1.29 is 13.2 Å². The van der Waals surface area contributed by atoms with E-state index >= 15 is 0 Å². The second-order valence-electron chi connectivity index (χ2n) is 6.02. The van der Waals surface area contributed by atoms with Gasteiger partial charge in [0.15, 0.2) is 6.19 Å². The average Bonchev–Trinajstić information content (AvgIpc) is 2.93. The van der Waals surface area contributed by atoms with Crippen LogP contribution in [0.2, 0.25) is 0 Å². The quantitative estimate of drug-likeness (QED) is 0.386. The first-order valence-corrected chi connectivity index (χ1v) is 7.83. The normalized spacial score (nSPS) is 20.4. The number of hydrogen-bond acceptors (Lipinski definition) is 5. The van der Waals surface area contributed by atoms with Gasteiger partial charge in [-0.25, -0.2) is 4.99 Å². The molecule has 26 heavy (non-hydrogen) atoms. The van der Waals surface area contributed by atoms with Gasteiger partial charge in [-0.2, -0.15) is 28.8 Å². The maximum absolute atomic E-state index is 13.1. The molecule has 0 radical (unpaired) electrons. The third-order valence-corrected chi connectivity index (χ3v) is 4.21. The molecule has 1 aromatic carbocycles. The molecule has 0 saturated carbocycles. The number of nitriles is 2. The van der Waals surface area contributed by atoms with Gasteiger partial charge in [-0.1, -0.05) is 0 Å². The van der Waals surface area contributed by atoms with Crippen LogP contribution >= 0.6 is 0 Å². The van der Waals surface area contributed by atoms with Crippen molar-refractivity contribution >= 4 is 17.2 Å². The van der Waals surface area contributed by atoms with Crippen LogP contribution in [0, 0.1) is 29.7 Å². The topological polar surface area (TPSA) is 87.6 Å². The van der Waals surface area contributed by atoms with Gasteiger partial charge in [0.05, 0.1) is 17.3 Å². The predicted octanol–water partition coefficient (Wildman–Crippen LogP) is 3.37. The molecule has 0 fully saturated rings. The van der Waals surface area contributed by atoms with Gasteiger partial charge >= 0.3 is 6.18 Å². The van der Waals surface area contributed by atoms with Crippen LogP contribution in [0.3, 0.4) is 0 Å². The van der Waals surface area contributed by atoms with Crippen molar-refractivity contribution in [2.24, 2.45) is 10.1 Å². The van der Waals surface area contributed by atoms with Crippen molar-refractivity contribution in [3.05, 3.63) is 29.3 Å².